The highest BCUT2D eigenvalue weighted by atomic mass is 16.4. The monoisotopic (exact) mass is 463 g/mol. The molecule has 0 aliphatic rings. The van der Waals surface area contributed by atoms with Crippen molar-refractivity contribution in [1.29, 1.82) is 0 Å². The number of carboxylic acids is 3. The standard InChI is InChI=1S/C17H29N5O10/c18-4-2-1-3-8(19)14(28)22-11(7-23)16(30)20-9(5-12(24)25)15(29)21-10(17(31)32)6-13(26)27/h8-11,23H,1-7,18-19H2,(H,20,30)(H,21,29)(H,22,28)(H,24,25)(H,26,27)(H,31,32). The molecule has 0 aliphatic carbocycles. The van der Waals surface area contributed by atoms with Crippen molar-refractivity contribution in [3.8, 4) is 0 Å². The summed E-state index contributed by atoms with van der Waals surface area (Å²) in [6.45, 7) is -0.510. The summed E-state index contributed by atoms with van der Waals surface area (Å²) < 4.78 is 0. The smallest absolute Gasteiger partial charge is 0.326 e. The Morgan fingerprint density at radius 1 is 0.719 bits per heavy atom. The Labute approximate surface area is 182 Å². The number of aliphatic hydroxyl groups excluding tert-OH is 1. The fourth-order valence-corrected chi connectivity index (χ4v) is 2.42. The second-order valence-electron chi connectivity index (χ2n) is 6.79. The predicted molar refractivity (Wildman–Crippen MR) is 106 cm³/mol. The van der Waals surface area contributed by atoms with Gasteiger partial charge in [-0.2, -0.15) is 0 Å². The third-order valence-corrected chi connectivity index (χ3v) is 4.13. The second kappa shape index (κ2) is 14.7. The zero-order valence-corrected chi connectivity index (χ0v) is 17.2. The highest BCUT2D eigenvalue weighted by Gasteiger charge is 2.32. The van der Waals surface area contributed by atoms with Crippen LogP contribution in [0.25, 0.3) is 0 Å². The molecule has 0 heterocycles. The van der Waals surface area contributed by atoms with Crippen molar-refractivity contribution in [2.45, 2.75) is 56.3 Å². The van der Waals surface area contributed by atoms with Gasteiger partial charge in [-0.15, -0.1) is 0 Å². The third kappa shape index (κ3) is 11.2. The first kappa shape index (κ1) is 28.7. The van der Waals surface area contributed by atoms with Gasteiger partial charge in [0.25, 0.3) is 0 Å². The fraction of sp³-hybridized carbons (Fsp3) is 0.647. The first-order valence-electron chi connectivity index (χ1n) is 9.56. The maximum Gasteiger partial charge on any atom is 0.326 e. The Balaban J connectivity index is 5.21. The minimum Gasteiger partial charge on any atom is -0.481 e. The number of hydrogen-bond donors (Lipinski definition) is 9. The zero-order valence-electron chi connectivity index (χ0n) is 17.2. The molecule has 4 unspecified atom stereocenters. The molecule has 3 amide bonds. The molecule has 0 saturated carbocycles. The van der Waals surface area contributed by atoms with Crippen molar-refractivity contribution in [2.75, 3.05) is 13.2 Å². The lowest BCUT2D eigenvalue weighted by atomic mass is 10.1. The number of carbonyl (C=O) groups is 6. The maximum atomic E-state index is 12.4. The van der Waals surface area contributed by atoms with Crippen LogP contribution in [-0.2, 0) is 28.8 Å². The van der Waals surface area contributed by atoms with E-state index in [1.54, 1.807) is 0 Å². The van der Waals surface area contributed by atoms with E-state index in [1.807, 2.05) is 10.6 Å². The summed E-state index contributed by atoms with van der Waals surface area (Å²) in [5.74, 6) is -7.96. The van der Waals surface area contributed by atoms with Crippen molar-refractivity contribution in [2.24, 2.45) is 11.5 Å². The molecular formula is C17H29N5O10. The van der Waals surface area contributed by atoms with E-state index in [1.165, 1.54) is 0 Å². The van der Waals surface area contributed by atoms with E-state index in [0.29, 0.717) is 19.4 Å². The van der Waals surface area contributed by atoms with Gasteiger partial charge in [0, 0.05) is 0 Å². The normalized spacial score (nSPS) is 14.3. The van der Waals surface area contributed by atoms with E-state index in [9.17, 15) is 33.9 Å². The van der Waals surface area contributed by atoms with Crippen molar-refractivity contribution in [3.05, 3.63) is 0 Å². The van der Waals surface area contributed by atoms with Crippen molar-refractivity contribution in [3.63, 3.8) is 0 Å². The van der Waals surface area contributed by atoms with Crippen molar-refractivity contribution < 1.29 is 49.2 Å². The van der Waals surface area contributed by atoms with Crippen LogP contribution in [0.5, 0.6) is 0 Å². The lowest BCUT2D eigenvalue weighted by Crippen LogP contribution is -2.58. The van der Waals surface area contributed by atoms with Crippen LogP contribution in [0.15, 0.2) is 0 Å². The summed E-state index contributed by atoms with van der Waals surface area (Å²) in [6.07, 6.45) is -0.556. The largest absolute Gasteiger partial charge is 0.481 e. The highest BCUT2D eigenvalue weighted by molar-refractivity contribution is 5.96. The molecule has 0 aromatic rings. The topological polar surface area (TPSA) is 271 Å². The maximum absolute atomic E-state index is 12.4. The Bertz CT molecular complexity index is 701. The number of unbranched alkanes of at least 4 members (excludes halogenated alkanes) is 1. The van der Waals surface area contributed by atoms with Gasteiger partial charge < -0.3 is 47.8 Å². The van der Waals surface area contributed by atoms with Gasteiger partial charge in [-0.3, -0.25) is 24.0 Å². The van der Waals surface area contributed by atoms with Crippen LogP contribution >= 0.6 is 0 Å². The lowest BCUT2D eigenvalue weighted by Gasteiger charge is -2.23. The summed E-state index contributed by atoms with van der Waals surface area (Å²) in [6, 6.07) is -6.29. The number of carbonyl (C=O) groups excluding carboxylic acids is 3. The SMILES string of the molecule is NCCCCC(N)C(=O)NC(CO)C(=O)NC(CC(=O)O)C(=O)NC(CC(=O)O)C(=O)O. The van der Waals surface area contributed by atoms with Crippen LogP contribution in [0.2, 0.25) is 0 Å². The minimum atomic E-state index is -1.88. The molecule has 15 heteroatoms. The minimum absolute atomic E-state index is 0.257. The number of rotatable bonds is 16. The molecule has 0 fully saturated rings. The molecule has 0 aromatic carbocycles. The molecule has 32 heavy (non-hydrogen) atoms. The molecule has 0 spiro atoms. The van der Waals surface area contributed by atoms with E-state index in [-0.39, 0.29) is 6.42 Å². The second-order valence-corrected chi connectivity index (χ2v) is 6.79. The number of carboxylic acid groups (broad SMARTS) is 3. The van der Waals surface area contributed by atoms with Crippen LogP contribution in [-0.4, -0.2) is 93.4 Å². The van der Waals surface area contributed by atoms with Gasteiger partial charge in [0.2, 0.25) is 17.7 Å². The Morgan fingerprint density at radius 3 is 1.66 bits per heavy atom. The number of nitrogens with two attached hydrogens (primary N) is 2. The van der Waals surface area contributed by atoms with E-state index in [2.05, 4.69) is 5.32 Å². The quantitative estimate of drug-likeness (QED) is 0.0988. The highest BCUT2D eigenvalue weighted by Crippen LogP contribution is 2.01. The molecule has 0 aromatic heterocycles. The van der Waals surface area contributed by atoms with Crippen molar-refractivity contribution in [1.82, 2.24) is 16.0 Å². The number of aliphatic carboxylic acids is 3. The van der Waals surface area contributed by atoms with E-state index in [0.717, 1.165) is 0 Å². The van der Waals surface area contributed by atoms with E-state index >= 15 is 0 Å². The Hall–Kier alpha value is -3.30. The molecular weight excluding hydrogens is 434 g/mol. The summed E-state index contributed by atoms with van der Waals surface area (Å²) in [5.41, 5.74) is 11.0. The molecule has 182 valence electrons. The van der Waals surface area contributed by atoms with E-state index < -0.39 is 79.2 Å². The third-order valence-electron chi connectivity index (χ3n) is 4.13. The molecule has 0 rings (SSSR count). The van der Waals surface area contributed by atoms with Gasteiger partial charge in [0.05, 0.1) is 25.5 Å². The van der Waals surface area contributed by atoms with Crippen molar-refractivity contribution >= 4 is 35.6 Å². The predicted octanol–water partition coefficient (Wildman–Crippen LogP) is -4.08. The van der Waals surface area contributed by atoms with Crippen LogP contribution in [0.3, 0.4) is 0 Å². The Kier molecular flexibility index (Phi) is 13.1. The summed E-state index contributed by atoms with van der Waals surface area (Å²) >= 11 is 0. The zero-order chi connectivity index (χ0) is 24.8. The average molecular weight is 463 g/mol. The van der Waals surface area contributed by atoms with Gasteiger partial charge in [0.15, 0.2) is 0 Å². The van der Waals surface area contributed by atoms with Crippen LogP contribution in [0.1, 0.15) is 32.1 Å². The molecule has 0 aliphatic heterocycles. The summed E-state index contributed by atoms with van der Waals surface area (Å²) in [5, 5.41) is 42.1. The number of nitrogens with one attached hydrogen (secondary N) is 3. The lowest BCUT2D eigenvalue weighted by molar-refractivity contribution is -0.148. The van der Waals surface area contributed by atoms with Crippen LogP contribution in [0.4, 0.5) is 0 Å². The van der Waals surface area contributed by atoms with Gasteiger partial charge in [0.1, 0.15) is 18.1 Å². The average Bonchev–Trinajstić information content (AvgIpc) is 2.69. The first-order valence-corrected chi connectivity index (χ1v) is 9.56. The molecule has 4 atom stereocenters. The molecule has 0 bridgehead atoms. The number of amides is 3. The molecule has 11 N–H and O–H groups in total. The summed E-state index contributed by atoms with van der Waals surface area (Å²) in [4.78, 5) is 69.6. The van der Waals surface area contributed by atoms with Crippen LogP contribution in [0, 0.1) is 0 Å². The van der Waals surface area contributed by atoms with E-state index in [4.69, 9.17) is 26.8 Å². The summed E-state index contributed by atoms with van der Waals surface area (Å²) in [7, 11) is 0. The number of hydrogen-bond acceptors (Lipinski definition) is 9. The fourth-order valence-electron chi connectivity index (χ4n) is 2.42. The number of aliphatic hydroxyl groups is 1. The van der Waals surface area contributed by atoms with Gasteiger partial charge in [-0.05, 0) is 19.4 Å². The van der Waals surface area contributed by atoms with Gasteiger partial charge in [-0.1, -0.05) is 6.42 Å². The molecule has 15 nitrogen and oxygen atoms in total. The first-order chi connectivity index (χ1) is 14.9. The molecule has 0 radical (unpaired) electrons. The Morgan fingerprint density at radius 2 is 1.19 bits per heavy atom. The van der Waals surface area contributed by atoms with Gasteiger partial charge in [-0.25, -0.2) is 4.79 Å². The van der Waals surface area contributed by atoms with Crippen LogP contribution < -0.4 is 27.4 Å². The van der Waals surface area contributed by atoms with Gasteiger partial charge >= 0.3 is 17.9 Å². The molecule has 0 saturated heterocycles.